The predicted molar refractivity (Wildman–Crippen MR) is 348 cm³/mol. The molecule has 0 spiro atoms. The van der Waals surface area contributed by atoms with Crippen LogP contribution in [0.2, 0.25) is 10.0 Å². The molecule has 1 aliphatic carbocycles. The fourth-order valence-corrected chi connectivity index (χ4v) is 14.3. The Morgan fingerprint density at radius 1 is 0.651 bits per heavy atom. The zero-order chi connectivity index (χ0) is 61.1. The van der Waals surface area contributed by atoms with Crippen LogP contribution in [0.5, 0.6) is 0 Å². The average Bonchev–Trinajstić information content (AvgIpc) is 1.58. The summed E-state index contributed by atoms with van der Waals surface area (Å²) in [6.07, 6.45) is 1.60. The predicted octanol–water partition coefficient (Wildman–Crippen LogP) is 16.6. The zero-order valence-corrected chi connectivity index (χ0v) is 53.9. The Bertz CT molecular complexity index is 4180. The van der Waals surface area contributed by atoms with Gasteiger partial charge in [-0.1, -0.05) is 53.9 Å². The van der Waals surface area contributed by atoms with Gasteiger partial charge in [0.05, 0.1) is 67.3 Å². The fourth-order valence-electron chi connectivity index (χ4n) is 11.8. The van der Waals surface area contributed by atoms with Gasteiger partial charge >= 0.3 is 11.9 Å². The molecular formula is C68H73Cl2N7O7S2. The minimum absolute atomic E-state index is 0.269. The molecule has 1 saturated carbocycles. The molecule has 0 unspecified atom stereocenters. The van der Waals surface area contributed by atoms with Gasteiger partial charge in [0.25, 0.3) is 0 Å². The van der Waals surface area contributed by atoms with Crippen molar-refractivity contribution in [1.29, 1.82) is 0 Å². The van der Waals surface area contributed by atoms with E-state index in [-0.39, 0.29) is 6.61 Å². The van der Waals surface area contributed by atoms with Gasteiger partial charge in [-0.25, -0.2) is 19.6 Å². The van der Waals surface area contributed by atoms with Crippen LogP contribution in [-0.4, -0.2) is 103 Å². The molecule has 12 rings (SSSR count). The zero-order valence-electron chi connectivity index (χ0n) is 50.8. The SMILES string of the molecule is CCOC(=O)[C@@H](OC(C)(C)C)c1c(C)cc2nc(-c3ccc4c(c3)c(C3CCC3)nn4C)sc2c1-c1ccc(Cl)cc1.COCCN1CC(c2nn(C)c3ccc(-c4nc5cc(C)c([C@H](OC(C)(C)C)C(=O)O)c(-c6ccc(Cl)cc6)c5s4)cc23)C1. The molecule has 86 heavy (non-hydrogen) atoms. The smallest absolute Gasteiger partial charge is 0.339 e. The topological polar surface area (TPSA) is 156 Å². The van der Waals surface area contributed by atoms with E-state index in [1.807, 2.05) is 140 Å². The van der Waals surface area contributed by atoms with Crippen molar-refractivity contribution >= 4 is 100 Å². The third kappa shape index (κ3) is 12.5. The number of nitrogens with zero attached hydrogens (tertiary/aromatic N) is 7. The number of aryl methyl sites for hydroxylation is 4. The third-order valence-corrected chi connectivity index (χ3v) is 18.8. The molecule has 1 saturated heterocycles. The molecule has 2 aliphatic rings. The summed E-state index contributed by atoms with van der Waals surface area (Å²) in [6.45, 7) is 21.1. The molecule has 4 aromatic heterocycles. The maximum atomic E-state index is 13.4. The van der Waals surface area contributed by atoms with Gasteiger partial charge in [0.15, 0.2) is 12.2 Å². The second-order valence-electron chi connectivity index (χ2n) is 24.6. The number of ether oxygens (including phenoxy) is 4. The number of benzene rings is 6. The number of fused-ring (bicyclic) bond motifs is 4. The maximum absolute atomic E-state index is 13.4. The number of carbonyl (C=O) groups is 2. The summed E-state index contributed by atoms with van der Waals surface area (Å²) in [4.78, 5) is 38.7. The van der Waals surface area contributed by atoms with Crippen molar-refractivity contribution in [3.8, 4) is 43.4 Å². The van der Waals surface area contributed by atoms with Crippen LogP contribution < -0.4 is 0 Å². The molecule has 0 radical (unpaired) electrons. The number of aliphatic carboxylic acids is 1. The number of esters is 1. The van der Waals surface area contributed by atoms with Crippen molar-refractivity contribution in [3.63, 3.8) is 0 Å². The van der Waals surface area contributed by atoms with E-state index in [1.165, 1.54) is 30.3 Å². The van der Waals surface area contributed by atoms with Crippen molar-refractivity contribution in [2.24, 2.45) is 14.1 Å². The number of carbonyl (C=O) groups excluding carboxylic acids is 1. The van der Waals surface area contributed by atoms with Crippen LogP contribution in [-0.2, 0) is 42.6 Å². The lowest BCUT2D eigenvalue weighted by atomic mass is 9.82. The summed E-state index contributed by atoms with van der Waals surface area (Å²) in [5, 5.41) is 25.6. The Kier molecular flexibility index (Phi) is 17.4. The molecule has 2 atom stereocenters. The van der Waals surface area contributed by atoms with Crippen molar-refractivity contribution in [3.05, 3.63) is 141 Å². The summed E-state index contributed by atoms with van der Waals surface area (Å²) >= 11 is 15.7. The lowest BCUT2D eigenvalue weighted by molar-refractivity contribution is -0.166. The lowest BCUT2D eigenvalue weighted by Gasteiger charge is -2.38. The second-order valence-corrected chi connectivity index (χ2v) is 27.5. The van der Waals surface area contributed by atoms with E-state index in [4.69, 9.17) is 62.3 Å². The van der Waals surface area contributed by atoms with Gasteiger partial charge in [0, 0.05) is 107 Å². The van der Waals surface area contributed by atoms with Gasteiger partial charge in [-0.2, -0.15) is 10.2 Å². The molecule has 10 aromatic rings. The fraction of sp³-hybridized carbons (Fsp3) is 0.382. The summed E-state index contributed by atoms with van der Waals surface area (Å²) in [5.74, 6) is -0.531. The Morgan fingerprint density at radius 2 is 1.09 bits per heavy atom. The number of thiazole rings is 2. The van der Waals surface area contributed by atoms with Crippen LogP contribution in [0.15, 0.2) is 97.1 Å². The van der Waals surface area contributed by atoms with Gasteiger partial charge in [0.1, 0.15) is 10.0 Å². The van der Waals surface area contributed by atoms with E-state index in [1.54, 1.807) is 29.8 Å². The average molecular weight is 1240 g/mol. The minimum atomic E-state index is -1.16. The van der Waals surface area contributed by atoms with E-state index in [9.17, 15) is 14.7 Å². The highest BCUT2D eigenvalue weighted by molar-refractivity contribution is 7.22. The number of rotatable bonds is 16. The van der Waals surface area contributed by atoms with Crippen LogP contribution in [0.4, 0.5) is 0 Å². The molecule has 18 heteroatoms. The molecule has 1 aliphatic heterocycles. The molecule has 0 amide bonds. The van der Waals surface area contributed by atoms with Crippen molar-refractivity contribution in [2.45, 2.75) is 117 Å². The number of halogens is 2. The van der Waals surface area contributed by atoms with E-state index in [0.717, 1.165) is 129 Å². The Morgan fingerprint density at radius 3 is 1.51 bits per heavy atom. The van der Waals surface area contributed by atoms with Crippen LogP contribution >= 0.6 is 45.9 Å². The summed E-state index contributed by atoms with van der Waals surface area (Å²) < 4.78 is 29.2. The lowest BCUT2D eigenvalue weighted by Crippen LogP contribution is -2.46. The first-order valence-electron chi connectivity index (χ1n) is 29.3. The standard InChI is InChI=1S/C34H37ClN4O4S.C34H36ClN3O3S/c1-19-15-25-31(28(20-7-10-23(35)11-8-20)27(19)30(33(40)41)43-34(2,3)4)44-32(36-25)21-9-12-26-24(16-21)29(37-38(26)5)22-17-39(18-22)13-14-42-6;1-7-40-33(39)30(41-34(3,4)5)27-19(2)17-25-31(28(27)20-11-14-23(35)15-12-20)42-32(36-25)22-13-16-26-24(18-22)29(37-38(26)6)21-9-8-10-21/h7-12,15-16,22,30H,13-14,17-18H2,1-6H3,(H,40,41);11-18,21,30H,7-10H2,1-6H3/t2*30-/m00/s1. The molecule has 6 aromatic carbocycles. The number of likely N-dealkylation sites (tertiary alicyclic amines) is 1. The summed E-state index contributed by atoms with van der Waals surface area (Å²) in [5.41, 5.74) is 13.7. The van der Waals surface area contributed by atoms with Gasteiger partial charge in [-0.3, -0.25) is 14.3 Å². The Labute approximate surface area is 520 Å². The number of carboxylic acid groups (broad SMARTS) is 1. The van der Waals surface area contributed by atoms with Gasteiger partial charge in [-0.05, 0) is 170 Å². The van der Waals surface area contributed by atoms with Crippen LogP contribution in [0, 0.1) is 13.8 Å². The van der Waals surface area contributed by atoms with Crippen LogP contribution in [0.25, 0.3) is 85.6 Å². The third-order valence-electron chi connectivity index (χ3n) is 16.0. The highest BCUT2D eigenvalue weighted by atomic mass is 35.5. The van der Waals surface area contributed by atoms with Crippen molar-refractivity contribution in [1.82, 2.24) is 34.4 Å². The monoisotopic (exact) mass is 1230 g/mol. The first-order chi connectivity index (χ1) is 41.0. The molecule has 1 N–H and O–H groups in total. The molecule has 14 nitrogen and oxygen atoms in total. The Balaban J connectivity index is 0.000000179. The second kappa shape index (κ2) is 24.5. The highest BCUT2D eigenvalue weighted by Crippen LogP contribution is 2.48. The van der Waals surface area contributed by atoms with Crippen LogP contribution in [0.3, 0.4) is 0 Å². The highest BCUT2D eigenvalue weighted by Gasteiger charge is 2.36. The summed E-state index contributed by atoms with van der Waals surface area (Å²) in [7, 11) is 5.74. The molecule has 2 fully saturated rings. The van der Waals surface area contributed by atoms with E-state index in [0.29, 0.717) is 27.4 Å². The first-order valence-corrected chi connectivity index (χ1v) is 31.7. The van der Waals surface area contributed by atoms with Gasteiger partial charge in [-0.15, -0.1) is 22.7 Å². The number of aromatic nitrogens is 6. The number of hydrogen-bond donors (Lipinski definition) is 1. The van der Waals surface area contributed by atoms with Crippen LogP contribution in [0.1, 0.15) is 125 Å². The molecule has 5 heterocycles. The van der Waals surface area contributed by atoms with Crippen molar-refractivity contribution < 1.29 is 33.6 Å². The number of carboxylic acids is 1. The van der Waals surface area contributed by atoms with Gasteiger partial charge < -0.3 is 24.1 Å². The van der Waals surface area contributed by atoms with Crippen molar-refractivity contribution in [2.75, 3.05) is 40.0 Å². The molecule has 448 valence electrons. The summed E-state index contributed by atoms with van der Waals surface area (Å²) in [6, 6.07) is 32.2. The first kappa shape index (κ1) is 61.1. The molecular weight excluding hydrogens is 1160 g/mol. The van der Waals surface area contributed by atoms with E-state index < -0.39 is 35.3 Å². The number of hydrogen-bond acceptors (Lipinski definition) is 13. The maximum Gasteiger partial charge on any atom is 0.339 e. The quantitative estimate of drug-likeness (QED) is 0.0915. The number of methoxy groups -OCH3 is 1. The molecule has 0 bridgehead atoms. The normalized spacial score (nSPS) is 15.0. The van der Waals surface area contributed by atoms with E-state index in [2.05, 4.69) is 47.4 Å². The minimum Gasteiger partial charge on any atom is -0.479 e. The largest absolute Gasteiger partial charge is 0.479 e. The Hall–Kier alpha value is -6.60. The van der Waals surface area contributed by atoms with E-state index >= 15 is 0 Å². The van der Waals surface area contributed by atoms with Gasteiger partial charge in [0.2, 0.25) is 0 Å².